The summed E-state index contributed by atoms with van der Waals surface area (Å²) in [4.78, 5) is 21.2. The number of rotatable bonds is 8. The fraction of sp³-hybridized carbons (Fsp3) is 0.500. The predicted molar refractivity (Wildman–Crippen MR) is 84.3 cm³/mol. The SMILES string of the molecule is CCC(CO)(CO)CO.COc1cc(OC)c(C=O)cc1C=O. The van der Waals surface area contributed by atoms with Crippen LogP contribution in [0.4, 0.5) is 0 Å². The minimum atomic E-state index is -0.667. The van der Waals surface area contributed by atoms with E-state index in [9.17, 15) is 9.59 Å². The first kappa shape index (κ1) is 21.0. The molecular formula is C16H24O7. The maximum absolute atomic E-state index is 10.6. The van der Waals surface area contributed by atoms with Crippen LogP contribution in [0.3, 0.4) is 0 Å². The molecule has 0 radical (unpaired) electrons. The highest BCUT2D eigenvalue weighted by Crippen LogP contribution is 2.26. The molecule has 7 nitrogen and oxygen atoms in total. The topological polar surface area (TPSA) is 113 Å². The Morgan fingerprint density at radius 3 is 1.48 bits per heavy atom. The van der Waals surface area contributed by atoms with Crippen molar-refractivity contribution in [1.82, 2.24) is 0 Å². The van der Waals surface area contributed by atoms with Crippen LogP contribution in [0.25, 0.3) is 0 Å². The molecule has 7 heteroatoms. The molecule has 3 N–H and O–H groups in total. The number of hydrogen-bond donors (Lipinski definition) is 3. The van der Waals surface area contributed by atoms with Gasteiger partial charge < -0.3 is 24.8 Å². The highest BCUT2D eigenvalue weighted by atomic mass is 16.5. The van der Waals surface area contributed by atoms with E-state index in [1.54, 1.807) is 0 Å². The summed E-state index contributed by atoms with van der Waals surface area (Å²) in [5.41, 5.74) is -0.00852. The van der Waals surface area contributed by atoms with Gasteiger partial charge in [-0.25, -0.2) is 0 Å². The van der Waals surface area contributed by atoms with Crippen LogP contribution < -0.4 is 9.47 Å². The lowest BCUT2D eigenvalue weighted by atomic mass is 9.88. The van der Waals surface area contributed by atoms with Crippen LogP contribution >= 0.6 is 0 Å². The minimum absolute atomic E-state index is 0.156. The van der Waals surface area contributed by atoms with Crippen molar-refractivity contribution in [3.8, 4) is 11.5 Å². The van der Waals surface area contributed by atoms with E-state index < -0.39 is 5.41 Å². The van der Waals surface area contributed by atoms with Crippen molar-refractivity contribution in [2.75, 3.05) is 34.0 Å². The number of methoxy groups -OCH3 is 2. The van der Waals surface area contributed by atoms with Gasteiger partial charge in [0.15, 0.2) is 12.6 Å². The third kappa shape index (κ3) is 5.63. The molecule has 0 amide bonds. The fourth-order valence-corrected chi connectivity index (χ4v) is 1.62. The summed E-state index contributed by atoms with van der Waals surface area (Å²) in [6.45, 7) is 1.35. The minimum Gasteiger partial charge on any atom is -0.496 e. The lowest BCUT2D eigenvalue weighted by Crippen LogP contribution is -2.32. The van der Waals surface area contributed by atoms with E-state index in [0.717, 1.165) is 0 Å². The maximum Gasteiger partial charge on any atom is 0.153 e. The van der Waals surface area contributed by atoms with Crippen molar-refractivity contribution >= 4 is 12.6 Å². The first-order valence-electron chi connectivity index (χ1n) is 7.00. The van der Waals surface area contributed by atoms with Gasteiger partial charge in [0.25, 0.3) is 0 Å². The quantitative estimate of drug-likeness (QED) is 0.602. The fourth-order valence-electron chi connectivity index (χ4n) is 1.62. The second-order valence-electron chi connectivity index (χ2n) is 4.90. The smallest absolute Gasteiger partial charge is 0.153 e. The second-order valence-corrected chi connectivity index (χ2v) is 4.90. The van der Waals surface area contributed by atoms with Gasteiger partial charge in [-0.1, -0.05) is 6.92 Å². The summed E-state index contributed by atoms with van der Waals surface area (Å²) < 4.78 is 9.90. The molecule has 0 bridgehead atoms. The van der Waals surface area contributed by atoms with Gasteiger partial charge >= 0.3 is 0 Å². The Bertz CT molecular complexity index is 447. The molecule has 0 heterocycles. The Labute approximate surface area is 135 Å². The lowest BCUT2D eigenvalue weighted by molar-refractivity contribution is 0.00304. The van der Waals surface area contributed by atoms with Crippen LogP contribution in [-0.2, 0) is 0 Å². The van der Waals surface area contributed by atoms with Crippen molar-refractivity contribution in [2.45, 2.75) is 13.3 Å². The molecule has 0 saturated heterocycles. The van der Waals surface area contributed by atoms with Crippen LogP contribution in [0.1, 0.15) is 34.1 Å². The molecule has 0 aliphatic heterocycles. The van der Waals surface area contributed by atoms with Crippen LogP contribution in [0, 0.1) is 5.41 Å². The number of aliphatic hydroxyl groups is 3. The summed E-state index contributed by atoms with van der Waals surface area (Å²) in [5.74, 6) is 0.782. The Morgan fingerprint density at radius 1 is 0.913 bits per heavy atom. The molecule has 0 aliphatic rings. The second kappa shape index (κ2) is 10.7. The number of aldehydes is 2. The number of benzene rings is 1. The lowest BCUT2D eigenvalue weighted by Gasteiger charge is -2.24. The van der Waals surface area contributed by atoms with Gasteiger partial charge in [0.2, 0.25) is 0 Å². The molecule has 0 fully saturated rings. The monoisotopic (exact) mass is 328 g/mol. The third-order valence-corrected chi connectivity index (χ3v) is 3.59. The molecule has 0 saturated carbocycles. The molecular weight excluding hydrogens is 304 g/mol. The Balaban J connectivity index is 0.000000468. The Hall–Kier alpha value is -1.96. The molecule has 130 valence electrons. The Morgan fingerprint density at radius 2 is 1.30 bits per heavy atom. The zero-order valence-electron chi connectivity index (χ0n) is 13.6. The number of ether oxygens (including phenoxy) is 2. The first-order chi connectivity index (χ1) is 11.0. The van der Waals surface area contributed by atoms with Crippen molar-refractivity contribution in [3.05, 3.63) is 23.3 Å². The number of carbonyl (C=O) groups is 2. The Kier molecular flexibility index (Phi) is 9.80. The highest BCUT2D eigenvalue weighted by molar-refractivity contribution is 5.87. The van der Waals surface area contributed by atoms with Gasteiger partial charge in [0.05, 0.1) is 45.2 Å². The summed E-state index contributed by atoms with van der Waals surface area (Å²) in [6, 6.07) is 2.94. The van der Waals surface area contributed by atoms with E-state index >= 15 is 0 Å². The molecule has 0 aliphatic carbocycles. The van der Waals surface area contributed by atoms with Crippen LogP contribution in [0.5, 0.6) is 11.5 Å². The largest absolute Gasteiger partial charge is 0.496 e. The van der Waals surface area contributed by atoms with E-state index in [2.05, 4.69) is 0 Å². The molecule has 0 unspecified atom stereocenters. The maximum atomic E-state index is 10.6. The average molecular weight is 328 g/mol. The average Bonchev–Trinajstić information content (AvgIpc) is 2.63. The third-order valence-electron chi connectivity index (χ3n) is 3.59. The molecule has 0 aromatic heterocycles. The zero-order valence-corrected chi connectivity index (χ0v) is 13.6. The molecule has 1 aromatic carbocycles. The molecule has 23 heavy (non-hydrogen) atoms. The van der Waals surface area contributed by atoms with Crippen LogP contribution in [-0.4, -0.2) is 61.9 Å². The van der Waals surface area contributed by atoms with Gasteiger partial charge in [-0.2, -0.15) is 0 Å². The first-order valence-corrected chi connectivity index (χ1v) is 7.00. The van der Waals surface area contributed by atoms with Crippen LogP contribution in [0.2, 0.25) is 0 Å². The standard InChI is InChI=1S/C10H10O4.C6H14O3/c1-13-9-4-10(14-2)8(6-12)3-7(9)5-11;1-2-6(3-7,4-8)5-9/h3-6H,1-2H3;7-9H,2-5H2,1H3. The van der Waals surface area contributed by atoms with Gasteiger partial charge in [0.1, 0.15) is 11.5 Å². The zero-order chi connectivity index (χ0) is 17.9. The van der Waals surface area contributed by atoms with E-state index in [0.29, 0.717) is 41.6 Å². The number of aliphatic hydroxyl groups excluding tert-OH is 3. The van der Waals surface area contributed by atoms with E-state index in [1.165, 1.54) is 26.4 Å². The van der Waals surface area contributed by atoms with E-state index in [1.807, 2.05) is 6.92 Å². The van der Waals surface area contributed by atoms with Crippen LogP contribution in [0.15, 0.2) is 12.1 Å². The van der Waals surface area contributed by atoms with Crippen molar-refractivity contribution in [1.29, 1.82) is 0 Å². The van der Waals surface area contributed by atoms with Crippen molar-refractivity contribution < 1.29 is 34.4 Å². The number of carbonyl (C=O) groups excluding carboxylic acids is 2. The number of hydrogen-bond acceptors (Lipinski definition) is 7. The van der Waals surface area contributed by atoms with Crippen molar-refractivity contribution in [3.63, 3.8) is 0 Å². The summed E-state index contributed by atoms with van der Waals surface area (Å²) in [6.07, 6.45) is 1.85. The summed E-state index contributed by atoms with van der Waals surface area (Å²) in [5, 5.41) is 26.0. The summed E-state index contributed by atoms with van der Waals surface area (Å²) in [7, 11) is 2.89. The molecule has 0 spiro atoms. The van der Waals surface area contributed by atoms with E-state index in [4.69, 9.17) is 24.8 Å². The van der Waals surface area contributed by atoms with Gasteiger partial charge in [-0.3, -0.25) is 9.59 Å². The van der Waals surface area contributed by atoms with Gasteiger partial charge in [0, 0.05) is 11.5 Å². The van der Waals surface area contributed by atoms with Gasteiger partial charge in [-0.15, -0.1) is 0 Å². The van der Waals surface area contributed by atoms with Crippen molar-refractivity contribution in [2.24, 2.45) is 5.41 Å². The predicted octanol–water partition coefficient (Wildman–Crippen LogP) is 0.689. The molecule has 1 rings (SSSR count). The van der Waals surface area contributed by atoms with Gasteiger partial charge in [-0.05, 0) is 12.5 Å². The highest BCUT2D eigenvalue weighted by Gasteiger charge is 2.24. The normalized spacial score (nSPS) is 10.3. The molecule has 0 atom stereocenters. The summed E-state index contributed by atoms with van der Waals surface area (Å²) >= 11 is 0. The van der Waals surface area contributed by atoms with E-state index in [-0.39, 0.29) is 19.8 Å². The molecule has 1 aromatic rings.